The first-order valence-corrected chi connectivity index (χ1v) is 5.94. The lowest BCUT2D eigenvalue weighted by Gasteiger charge is -2.11. The van der Waals surface area contributed by atoms with Gasteiger partial charge in [0, 0.05) is 12.5 Å². The van der Waals surface area contributed by atoms with Crippen molar-refractivity contribution in [1.29, 1.82) is 0 Å². The summed E-state index contributed by atoms with van der Waals surface area (Å²) in [5.41, 5.74) is 1.20. The molecule has 5 heteroatoms. The second-order valence-corrected chi connectivity index (χ2v) is 4.53. The topological polar surface area (TPSA) is 41.1 Å². The Morgan fingerprint density at radius 2 is 2.33 bits per heavy atom. The maximum Gasteiger partial charge on any atom is 0.226 e. The molecule has 1 saturated heterocycles. The van der Waals surface area contributed by atoms with Gasteiger partial charge in [-0.05, 0) is 44.0 Å². The summed E-state index contributed by atoms with van der Waals surface area (Å²) in [6, 6.07) is 4.94. The predicted octanol–water partition coefficient (Wildman–Crippen LogP) is 2.64. The molecule has 2 rings (SSSR count). The van der Waals surface area contributed by atoms with Gasteiger partial charge in [0.05, 0.1) is 5.69 Å². The lowest BCUT2D eigenvalue weighted by molar-refractivity contribution is -0.116. The second-order valence-electron chi connectivity index (χ2n) is 4.53. The minimum Gasteiger partial charge on any atom is -0.324 e. The van der Waals surface area contributed by atoms with Crippen LogP contribution in [0.25, 0.3) is 0 Å². The molecule has 1 atom stereocenters. The van der Waals surface area contributed by atoms with E-state index in [-0.39, 0.29) is 35.9 Å². The van der Waals surface area contributed by atoms with Crippen molar-refractivity contribution in [3.8, 4) is 0 Å². The second kappa shape index (κ2) is 6.71. The minimum absolute atomic E-state index is 0. The number of rotatable bonds is 3. The molecule has 1 aliphatic rings. The van der Waals surface area contributed by atoms with Gasteiger partial charge < -0.3 is 10.6 Å². The number of carbonyl (C=O) groups is 1. The average molecular weight is 273 g/mol. The van der Waals surface area contributed by atoms with Crippen LogP contribution in [-0.4, -0.2) is 18.5 Å². The van der Waals surface area contributed by atoms with Gasteiger partial charge in [-0.2, -0.15) is 0 Å². The third-order valence-corrected chi connectivity index (χ3v) is 2.99. The van der Waals surface area contributed by atoms with Crippen LogP contribution < -0.4 is 10.6 Å². The molecule has 1 aromatic rings. The highest BCUT2D eigenvalue weighted by Crippen LogP contribution is 2.17. The molecule has 0 bridgehead atoms. The molecule has 1 aromatic carbocycles. The van der Waals surface area contributed by atoms with E-state index in [9.17, 15) is 9.18 Å². The van der Waals surface area contributed by atoms with Gasteiger partial charge >= 0.3 is 0 Å². The summed E-state index contributed by atoms with van der Waals surface area (Å²) in [7, 11) is 0. The summed E-state index contributed by atoms with van der Waals surface area (Å²) in [6.07, 6.45) is 2.54. The van der Waals surface area contributed by atoms with Crippen molar-refractivity contribution >= 4 is 24.0 Å². The number of hydrogen-bond acceptors (Lipinski definition) is 2. The molecule has 0 aromatic heterocycles. The summed E-state index contributed by atoms with van der Waals surface area (Å²) in [5.74, 6) is -0.516. The van der Waals surface area contributed by atoms with Gasteiger partial charge in [-0.3, -0.25) is 4.79 Å². The number of carbonyl (C=O) groups excluding carboxylic acids is 1. The van der Waals surface area contributed by atoms with Crippen molar-refractivity contribution in [1.82, 2.24) is 5.32 Å². The monoisotopic (exact) mass is 272 g/mol. The predicted molar refractivity (Wildman–Crippen MR) is 72.7 cm³/mol. The van der Waals surface area contributed by atoms with Crippen LogP contribution in [0.5, 0.6) is 0 Å². The van der Waals surface area contributed by atoms with E-state index < -0.39 is 0 Å². The Kier molecular flexibility index (Phi) is 5.56. The fraction of sp³-hybridized carbons (Fsp3) is 0.462. The molecule has 2 N–H and O–H groups in total. The van der Waals surface area contributed by atoms with Crippen molar-refractivity contribution in [3.05, 3.63) is 29.6 Å². The van der Waals surface area contributed by atoms with E-state index in [2.05, 4.69) is 10.6 Å². The Morgan fingerprint density at radius 3 is 3.00 bits per heavy atom. The lowest BCUT2D eigenvalue weighted by Crippen LogP contribution is -2.27. The van der Waals surface area contributed by atoms with Crippen LogP contribution >= 0.6 is 12.4 Å². The van der Waals surface area contributed by atoms with Crippen molar-refractivity contribution in [2.45, 2.75) is 32.2 Å². The zero-order chi connectivity index (χ0) is 12.3. The largest absolute Gasteiger partial charge is 0.324 e. The molecule has 0 radical (unpaired) electrons. The maximum absolute atomic E-state index is 13.4. The molecule has 1 heterocycles. The van der Waals surface area contributed by atoms with E-state index in [1.165, 1.54) is 6.07 Å². The first kappa shape index (κ1) is 14.9. The molecule has 0 saturated carbocycles. The molecule has 0 spiro atoms. The lowest BCUT2D eigenvalue weighted by atomic mass is 10.1. The molecular weight excluding hydrogens is 255 g/mol. The number of hydrogen-bond donors (Lipinski definition) is 2. The van der Waals surface area contributed by atoms with Crippen molar-refractivity contribution in [2.75, 3.05) is 11.9 Å². The van der Waals surface area contributed by atoms with Crippen LogP contribution in [0.2, 0.25) is 0 Å². The Labute approximate surface area is 113 Å². The summed E-state index contributed by atoms with van der Waals surface area (Å²) >= 11 is 0. The highest BCUT2D eigenvalue weighted by Gasteiger charge is 2.18. The number of nitrogens with one attached hydrogen (secondary N) is 2. The number of benzene rings is 1. The van der Waals surface area contributed by atoms with E-state index in [4.69, 9.17) is 0 Å². The van der Waals surface area contributed by atoms with Gasteiger partial charge in [0.2, 0.25) is 5.91 Å². The van der Waals surface area contributed by atoms with Crippen LogP contribution in [0.3, 0.4) is 0 Å². The van der Waals surface area contributed by atoms with Crippen LogP contribution in [0, 0.1) is 12.7 Å². The Morgan fingerprint density at radius 1 is 1.56 bits per heavy atom. The van der Waals surface area contributed by atoms with Gasteiger partial charge in [0.1, 0.15) is 5.82 Å². The fourth-order valence-electron chi connectivity index (χ4n) is 2.09. The smallest absolute Gasteiger partial charge is 0.226 e. The molecule has 0 aliphatic carbocycles. The molecule has 3 nitrogen and oxygen atoms in total. The minimum atomic E-state index is -0.386. The zero-order valence-electron chi connectivity index (χ0n) is 10.3. The highest BCUT2D eigenvalue weighted by atomic mass is 35.5. The standard InChI is InChI=1S/C13H17FN2O.ClH/c1-9-4-5-11(14)12(7-9)16-13(17)8-10-3-2-6-15-10;/h4-5,7,10,15H,2-3,6,8H2,1H3,(H,16,17);1H. The SMILES string of the molecule is Cc1ccc(F)c(NC(=O)CC2CCCN2)c1.Cl. The first-order chi connectivity index (χ1) is 8.15. The Bertz CT molecular complexity index is 419. The number of amides is 1. The van der Waals surface area contributed by atoms with Crippen molar-refractivity contribution in [2.24, 2.45) is 0 Å². The first-order valence-electron chi connectivity index (χ1n) is 5.94. The van der Waals surface area contributed by atoms with E-state index in [1.54, 1.807) is 12.1 Å². The molecule has 1 amide bonds. The van der Waals surface area contributed by atoms with Gasteiger partial charge in [-0.1, -0.05) is 6.07 Å². The highest BCUT2D eigenvalue weighted by molar-refractivity contribution is 5.91. The maximum atomic E-state index is 13.4. The molecule has 1 fully saturated rings. The Balaban J connectivity index is 0.00000162. The Hall–Kier alpha value is -1.13. The third kappa shape index (κ3) is 3.96. The third-order valence-electron chi connectivity index (χ3n) is 2.99. The van der Waals surface area contributed by atoms with E-state index in [0.717, 1.165) is 24.9 Å². The average Bonchev–Trinajstić information content (AvgIpc) is 2.76. The molecule has 1 unspecified atom stereocenters. The summed E-state index contributed by atoms with van der Waals surface area (Å²) in [6.45, 7) is 2.84. The van der Waals surface area contributed by atoms with Crippen molar-refractivity contribution < 1.29 is 9.18 Å². The van der Waals surface area contributed by atoms with E-state index in [0.29, 0.717) is 6.42 Å². The number of anilines is 1. The van der Waals surface area contributed by atoms with Gasteiger partial charge in [0.15, 0.2) is 0 Å². The zero-order valence-corrected chi connectivity index (χ0v) is 11.1. The van der Waals surface area contributed by atoms with Crippen LogP contribution in [-0.2, 0) is 4.79 Å². The normalized spacial score (nSPS) is 18.2. The molecule has 1 aliphatic heterocycles. The quantitative estimate of drug-likeness (QED) is 0.888. The summed E-state index contributed by atoms with van der Waals surface area (Å²) in [5, 5.41) is 5.87. The van der Waals surface area contributed by atoms with Crippen LogP contribution in [0.4, 0.5) is 10.1 Å². The molecular formula is C13H18ClFN2O. The molecule has 100 valence electrons. The summed E-state index contributed by atoms with van der Waals surface area (Å²) in [4.78, 5) is 11.7. The van der Waals surface area contributed by atoms with Gasteiger partial charge in [0.25, 0.3) is 0 Å². The summed E-state index contributed by atoms with van der Waals surface area (Å²) < 4.78 is 13.4. The molecule has 18 heavy (non-hydrogen) atoms. The van der Waals surface area contributed by atoms with Crippen LogP contribution in [0.15, 0.2) is 18.2 Å². The fourth-order valence-corrected chi connectivity index (χ4v) is 2.09. The number of aryl methyl sites for hydroxylation is 1. The van der Waals surface area contributed by atoms with E-state index in [1.807, 2.05) is 6.92 Å². The van der Waals surface area contributed by atoms with E-state index >= 15 is 0 Å². The van der Waals surface area contributed by atoms with Crippen molar-refractivity contribution in [3.63, 3.8) is 0 Å². The van der Waals surface area contributed by atoms with Crippen LogP contribution in [0.1, 0.15) is 24.8 Å². The van der Waals surface area contributed by atoms with Gasteiger partial charge in [-0.25, -0.2) is 4.39 Å². The number of halogens is 2. The van der Waals surface area contributed by atoms with Gasteiger partial charge in [-0.15, -0.1) is 12.4 Å².